The third kappa shape index (κ3) is 10.2. The first-order valence-corrected chi connectivity index (χ1v) is 19.1. The van der Waals surface area contributed by atoms with Crippen molar-refractivity contribution in [2.45, 2.75) is 56.8 Å². The molecule has 2 heterocycles. The number of aliphatic hydroxyl groups is 1. The van der Waals surface area contributed by atoms with E-state index in [0.29, 0.717) is 21.5 Å². The zero-order valence-corrected chi connectivity index (χ0v) is 31.2. The SMILES string of the molecule is CC(O)CNC(=O)N(c1nn(CC(F)(F)F)c2c(-c3ccc(C#CC(C)(C)S(C)=O)nc3C(Cc3cc(F)cc(F)c3)NC=O)ccc(Cl)c12)S(C)=O. The molecule has 0 aliphatic carbocycles. The van der Waals surface area contributed by atoms with Crippen molar-refractivity contribution in [3.05, 3.63) is 76.1 Å². The molecule has 0 saturated heterocycles. The third-order valence-electron chi connectivity index (χ3n) is 7.72. The summed E-state index contributed by atoms with van der Waals surface area (Å²) < 4.78 is 96.2. The van der Waals surface area contributed by atoms with E-state index in [4.69, 9.17) is 11.6 Å². The van der Waals surface area contributed by atoms with Crippen LogP contribution in [-0.4, -0.2) is 76.8 Å². The van der Waals surface area contributed by atoms with E-state index >= 15 is 0 Å². The van der Waals surface area contributed by atoms with Crippen LogP contribution in [0, 0.1) is 23.5 Å². The quantitative estimate of drug-likeness (QED) is 0.0999. The molecule has 2 aromatic carbocycles. The van der Waals surface area contributed by atoms with Gasteiger partial charge in [-0.2, -0.15) is 22.6 Å². The van der Waals surface area contributed by atoms with Gasteiger partial charge in [-0.3, -0.25) is 13.7 Å². The number of anilines is 1. The lowest BCUT2D eigenvalue weighted by molar-refractivity contribution is -0.141. The highest BCUT2D eigenvalue weighted by Gasteiger charge is 2.35. The molecule has 4 rings (SSSR count). The van der Waals surface area contributed by atoms with Gasteiger partial charge in [-0.05, 0) is 69.0 Å². The molecule has 2 aromatic heterocycles. The van der Waals surface area contributed by atoms with Gasteiger partial charge in [0.15, 0.2) is 5.82 Å². The lowest BCUT2D eigenvalue weighted by Gasteiger charge is -2.21. The normalized spacial score (nSPS) is 14.1. The maximum atomic E-state index is 14.2. The van der Waals surface area contributed by atoms with Crippen molar-refractivity contribution in [1.29, 1.82) is 0 Å². The molecule has 0 fully saturated rings. The minimum Gasteiger partial charge on any atom is -0.392 e. The van der Waals surface area contributed by atoms with Gasteiger partial charge in [0.05, 0.1) is 33.8 Å². The Balaban J connectivity index is 2.08. The van der Waals surface area contributed by atoms with E-state index in [9.17, 15) is 45.1 Å². The van der Waals surface area contributed by atoms with Gasteiger partial charge in [0.2, 0.25) is 6.41 Å². The van der Waals surface area contributed by atoms with Crippen molar-refractivity contribution in [2.24, 2.45) is 0 Å². The Morgan fingerprint density at radius 3 is 2.30 bits per heavy atom. The third-order valence-corrected chi connectivity index (χ3v) is 10.4. The molecular formula is C34H34ClF5N6O5S2. The van der Waals surface area contributed by atoms with Gasteiger partial charge in [0, 0.05) is 47.0 Å². The molecule has 284 valence electrons. The number of benzene rings is 2. The van der Waals surface area contributed by atoms with Crippen molar-refractivity contribution in [3.63, 3.8) is 0 Å². The number of carbonyl (C=O) groups is 2. The number of urea groups is 1. The van der Waals surface area contributed by atoms with Crippen LogP contribution in [0.15, 0.2) is 42.5 Å². The van der Waals surface area contributed by atoms with Crippen LogP contribution in [-0.2, 0) is 39.5 Å². The minimum absolute atomic E-state index is 0.000437. The average molecular weight is 801 g/mol. The van der Waals surface area contributed by atoms with Crippen molar-refractivity contribution < 1.29 is 45.1 Å². The number of halogens is 6. The van der Waals surface area contributed by atoms with Gasteiger partial charge in [0.1, 0.15) is 39.6 Å². The number of nitrogens with zero attached hydrogens (tertiary/aromatic N) is 4. The Hall–Kier alpha value is -4.44. The van der Waals surface area contributed by atoms with Crippen LogP contribution in [0.5, 0.6) is 0 Å². The van der Waals surface area contributed by atoms with Crippen LogP contribution >= 0.6 is 11.6 Å². The van der Waals surface area contributed by atoms with Crippen LogP contribution in [0.3, 0.4) is 0 Å². The number of alkyl halides is 3. The predicted molar refractivity (Wildman–Crippen MR) is 193 cm³/mol. The Morgan fingerprint density at radius 1 is 1.09 bits per heavy atom. The largest absolute Gasteiger partial charge is 0.408 e. The maximum Gasteiger partial charge on any atom is 0.408 e. The van der Waals surface area contributed by atoms with E-state index in [1.165, 1.54) is 37.4 Å². The van der Waals surface area contributed by atoms with E-state index in [1.807, 2.05) is 0 Å². The first-order valence-electron chi connectivity index (χ1n) is 15.6. The van der Waals surface area contributed by atoms with Crippen LogP contribution in [0.2, 0.25) is 5.02 Å². The Labute approximate surface area is 311 Å². The average Bonchev–Trinajstić information content (AvgIpc) is 3.39. The summed E-state index contributed by atoms with van der Waals surface area (Å²) >= 11 is 6.59. The molecule has 3 amide bonds. The van der Waals surface area contributed by atoms with Crippen molar-refractivity contribution in [3.8, 4) is 23.0 Å². The van der Waals surface area contributed by atoms with Gasteiger partial charge in [-0.15, -0.1) is 0 Å². The molecule has 11 nitrogen and oxygen atoms in total. The fraction of sp³-hybridized carbons (Fsp3) is 0.353. The number of carbonyl (C=O) groups excluding carboxylic acids is 2. The predicted octanol–water partition coefficient (Wildman–Crippen LogP) is 5.32. The van der Waals surface area contributed by atoms with E-state index in [1.54, 1.807) is 13.8 Å². The number of aliphatic hydroxyl groups excluding tert-OH is 1. The highest BCUT2D eigenvalue weighted by Crippen LogP contribution is 2.42. The molecule has 4 aromatic rings. The number of hydrogen-bond acceptors (Lipinski definition) is 7. The minimum atomic E-state index is -4.86. The molecule has 0 aliphatic rings. The Bertz CT molecular complexity index is 2130. The summed E-state index contributed by atoms with van der Waals surface area (Å²) in [7, 11) is -3.60. The zero-order valence-electron chi connectivity index (χ0n) is 28.8. The summed E-state index contributed by atoms with van der Waals surface area (Å²) in [4.78, 5) is 29.8. The number of aromatic nitrogens is 3. The summed E-state index contributed by atoms with van der Waals surface area (Å²) in [6.45, 7) is 2.67. The number of pyridine rings is 1. The van der Waals surface area contributed by atoms with Crippen molar-refractivity contribution in [1.82, 2.24) is 25.4 Å². The number of fused-ring (bicyclic) bond motifs is 1. The van der Waals surface area contributed by atoms with Gasteiger partial charge in [-0.1, -0.05) is 23.6 Å². The Kier molecular flexibility index (Phi) is 13.0. The topological polar surface area (TPSA) is 147 Å². The second kappa shape index (κ2) is 16.7. The summed E-state index contributed by atoms with van der Waals surface area (Å²) in [5, 5.41) is 18.3. The van der Waals surface area contributed by atoms with Crippen molar-refractivity contribution in [2.75, 3.05) is 23.4 Å². The summed E-state index contributed by atoms with van der Waals surface area (Å²) in [5.74, 6) is 3.42. The molecule has 53 heavy (non-hydrogen) atoms. The molecule has 4 atom stereocenters. The highest BCUT2D eigenvalue weighted by molar-refractivity contribution is 7.86. The Morgan fingerprint density at radius 2 is 1.74 bits per heavy atom. The first kappa shape index (κ1) is 41.3. The number of nitrogens with one attached hydrogen (secondary N) is 2. The molecule has 0 bridgehead atoms. The molecule has 3 N–H and O–H groups in total. The molecular weight excluding hydrogens is 767 g/mol. The van der Waals surface area contributed by atoms with Gasteiger partial charge in [-0.25, -0.2) is 22.8 Å². The molecule has 0 radical (unpaired) electrons. The van der Waals surface area contributed by atoms with Gasteiger partial charge < -0.3 is 15.7 Å². The second-order valence-corrected chi connectivity index (χ2v) is 15.9. The summed E-state index contributed by atoms with van der Waals surface area (Å²) in [5.41, 5.74) is 0.0447. The monoisotopic (exact) mass is 800 g/mol. The van der Waals surface area contributed by atoms with Crippen LogP contribution < -0.4 is 14.9 Å². The van der Waals surface area contributed by atoms with Crippen molar-refractivity contribution >= 4 is 62.5 Å². The number of hydrogen-bond donors (Lipinski definition) is 3. The van der Waals surface area contributed by atoms with E-state index in [2.05, 4.69) is 32.6 Å². The van der Waals surface area contributed by atoms with Gasteiger partial charge >= 0.3 is 12.2 Å². The van der Waals surface area contributed by atoms with Crippen LogP contribution in [0.1, 0.15) is 43.8 Å². The van der Waals surface area contributed by atoms with Gasteiger partial charge in [0.25, 0.3) is 0 Å². The molecule has 19 heteroatoms. The number of rotatable bonds is 12. The standard InChI is InChI=1S/C34H34ClF5N6O5S2/c1-19(48)16-41-32(49)46(53(5)51)31-28-26(35)9-8-25(30(28)45(44-31)17-34(38,39)40)24-7-6-23(10-11-33(2,3)52(4)50)43-29(24)27(42-18-47)14-20-12-21(36)15-22(37)13-20/h6-9,12-13,15,18-19,27,48H,14,16-17H2,1-5H3,(H,41,49)(H,42,47). The molecule has 4 unspecified atom stereocenters. The lowest BCUT2D eigenvalue weighted by atomic mass is 9.94. The lowest BCUT2D eigenvalue weighted by Crippen LogP contribution is -2.43. The maximum absolute atomic E-state index is 14.2. The zero-order chi connectivity index (χ0) is 39.4. The smallest absolute Gasteiger partial charge is 0.392 e. The fourth-order valence-corrected chi connectivity index (χ4v) is 6.25. The van der Waals surface area contributed by atoms with E-state index in [-0.39, 0.29) is 57.0 Å². The van der Waals surface area contributed by atoms with E-state index in [0.717, 1.165) is 18.4 Å². The fourth-order valence-electron chi connectivity index (χ4n) is 5.15. The number of amides is 3. The van der Waals surface area contributed by atoms with Crippen LogP contribution in [0.25, 0.3) is 22.0 Å². The van der Waals surface area contributed by atoms with E-state index < -0.39 is 74.9 Å². The second-order valence-electron chi connectivity index (χ2n) is 12.3. The van der Waals surface area contributed by atoms with Crippen LogP contribution in [0.4, 0.5) is 32.6 Å². The summed E-state index contributed by atoms with van der Waals surface area (Å²) in [6, 6.07) is 6.09. The molecule has 0 spiro atoms. The molecule has 0 saturated carbocycles. The highest BCUT2D eigenvalue weighted by atomic mass is 35.5. The summed E-state index contributed by atoms with van der Waals surface area (Å²) in [6.07, 6.45) is -3.25. The first-order chi connectivity index (χ1) is 24.7. The molecule has 0 aliphatic heterocycles.